The van der Waals surface area contributed by atoms with E-state index in [2.05, 4.69) is 35.5 Å². The first-order chi connectivity index (χ1) is 8.04. The topological polar surface area (TPSA) is 30.7 Å². The summed E-state index contributed by atoms with van der Waals surface area (Å²) in [5.41, 5.74) is 0.977. The van der Waals surface area contributed by atoms with Crippen LogP contribution in [0.3, 0.4) is 0 Å². The molecule has 17 heavy (non-hydrogen) atoms. The summed E-state index contributed by atoms with van der Waals surface area (Å²) in [6.45, 7) is 6.37. The smallest absolute Gasteiger partial charge is 0.164 e. The van der Waals surface area contributed by atoms with E-state index in [1.165, 1.54) is 0 Å². The predicted molar refractivity (Wildman–Crippen MR) is 70.0 cm³/mol. The minimum atomic E-state index is -0.0844. The van der Waals surface area contributed by atoms with Gasteiger partial charge in [0.2, 0.25) is 0 Å². The number of hydrogen-bond donors (Lipinski definition) is 0. The van der Waals surface area contributed by atoms with Crippen molar-refractivity contribution in [2.24, 2.45) is 0 Å². The van der Waals surface area contributed by atoms with Crippen LogP contribution in [0.4, 0.5) is 0 Å². The van der Waals surface area contributed by atoms with Crippen molar-refractivity contribution in [3.8, 4) is 11.4 Å². The second-order valence-electron chi connectivity index (χ2n) is 4.95. The average molecular weight is 250 g/mol. The van der Waals surface area contributed by atoms with E-state index in [0.717, 1.165) is 17.2 Å². The van der Waals surface area contributed by atoms with Crippen LogP contribution in [0.15, 0.2) is 30.3 Å². The first-order valence-corrected chi connectivity index (χ1v) is 6.13. The molecule has 0 radical (unpaired) electrons. The largest absolute Gasteiger partial charge is 0.305 e. The zero-order valence-electron chi connectivity index (χ0n) is 10.3. The summed E-state index contributed by atoms with van der Waals surface area (Å²) in [7, 11) is 0. The molecule has 0 amide bonds. The highest BCUT2D eigenvalue weighted by molar-refractivity contribution is 6.16. The molecule has 0 aliphatic rings. The van der Waals surface area contributed by atoms with Crippen molar-refractivity contribution in [2.45, 2.75) is 32.2 Å². The fraction of sp³-hybridized carbons (Fsp3) is 0.385. The Morgan fingerprint density at radius 3 is 2.29 bits per heavy atom. The molecule has 0 saturated carbocycles. The van der Waals surface area contributed by atoms with Gasteiger partial charge in [0.15, 0.2) is 5.82 Å². The molecular formula is C13H16ClN3. The lowest BCUT2D eigenvalue weighted by atomic mass is 10.1. The molecule has 2 rings (SSSR count). The van der Waals surface area contributed by atoms with Crippen molar-refractivity contribution < 1.29 is 0 Å². The Kier molecular flexibility index (Phi) is 3.20. The average Bonchev–Trinajstić information content (AvgIpc) is 2.73. The number of aromatic nitrogens is 3. The second kappa shape index (κ2) is 4.49. The third-order valence-corrected chi connectivity index (χ3v) is 2.79. The van der Waals surface area contributed by atoms with Gasteiger partial charge in [-0.15, -0.1) is 21.8 Å². The molecule has 0 aliphatic heterocycles. The van der Waals surface area contributed by atoms with Crippen LogP contribution in [0, 0.1) is 0 Å². The van der Waals surface area contributed by atoms with Crippen LogP contribution in [0.1, 0.15) is 26.6 Å². The van der Waals surface area contributed by atoms with Gasteiger partial charge in [0, 0.05) is 11.1 Å². The molecule has 1 heterocycles. The maximum Gasteiger partial charge on any atom is 0.164 e. The molecular weight excluding hydrogens is 234 g/mol. The van der Waals surface area contributed by atoms with Crippen LogP contribution in [0.25, 0.3) is 11.4 Å². The zero-order valence-corrected chi connectivity index (χ0v) is 11.1. The van der Waals surface area contributed by atoms with E-state index in [4.69, 9.17) is 11.6 Å². The minimum Gasteiger partial charge on any atom is -0.305 e. The molecule has 3 nitrogen and oxygen atoms in total. The van der Waals surface area contributed by atoms with Crippen molar-refractivity contribution in [1.29, 1.82) is 0 Å². The lowest BCUT2D eigenvalue weighted by Crippen LogP contribution is -2.24. The number of alkyl halides is 1. The lowest BCUT2D eigenvalue weighted by molar-refractivity contribution is 0.390. The number of rotatable bonds is 2. The van der Waals surface area contributed by atoms with Gasteiger partial charge in [-0.2, -0.15) is 0 Å². The molecule has 0 atom stereocenters. The molecule has 1 aromatic heterocycles. The van der Waals surface area contributed by atoms with E-state index >= 15 is 0 Å². The van der Waals surface area contributed by atoms with Crippen molar-refractivity contribution >= 4 is 11.6 Å². The van der Waals surface area contributed by atoms with Gasteiger partial charge < -0.3 is 4.57 Å². The number of benzene rings is 1. The monoisotopic (exact) mass is 249 g/mol. The second-order valence-corrected chi connectivity index (χ2v) is 5.21. The quantitative estimate of drug-likeness (QED) is 0.764. The van der Waals surface area contributed by atoms with Crippen LogP contribution in [-0.4, -0.2) is 14.8 Å². The highest BCUT2D eigenvalue weighted by Gasteiger charge is 2.23. The lowest BCUT2D eigenvalue weighted by Gasteiger charge is -2.24. The van der Waals surface area contributed by atoms with Crippen molar-refractivity contribution in [2.75, 3.05) is 0 Å². The van der Waals surface area contributed by atoms with Gasteiger partial charge >= 0.3 is 0 Å². The highest BCUT2D eigenvalue weighted by Crippen LogP contribution is 2.26. The van der Waals surface area contributed by atoms with Crippen LogP contribution < -0.4 is 0 Å². The first kappa shape index (κ1) is 12.1. The Morgan fingerprint density at radius 1 is 1.12 bits per heavy atom. The minimum absolute atomic E-state index is 0.0844. The molecule has 0 fully saturated rings. The third-order valence-electron chi connectivity index (χ3n) is 2.55. The van der Waals surface area contributed by atoms with Gasteiger partial charge in [-0.1, -0.05) is 30.3 Å². The normalized spacial score (nSPS) is 11.8. The van der Waals surface area contributed by atoms with Gasteiger partial charge in [0.1, 0.15) is 5.82 Å². The molecule has 0 saturated heterocycles. The Balaban J connectivity index is 2.60. The molecule has 0 N–H and O–H groups in total. The van der Waals surface area contributed by atoms with Gasteiger partial charge in [-0.25, -0.2) is 0 Å². The van der Waals surface area contributed by atoms with Crippen LogP contribution >= 0.6 is 11.6 Å². The summed E-state index contributed by atoms with van der Waals surface area (Å²) in [5.74, 6) is 2.05. The van der Waals surface area contributed by atoms with E-state index in [1.807, 2.05) is 30.3 Å². The fourth-order valence-electron chi connectivity index (χ4n) is 1.88. The molecule has 0 unspecified atom stereocenters. The summed E-state index contributed by atoms with van der Waals surface area (Å²) in [5, 5.41) is 8.41. The van der Waals surface area contributed by atoms with Gasteiger partial charge in [-0.3, -0.25) is 0 Å². The van der Waals surface area contributed by atoms with Crippen molar-refractivity contribution in [3.05, 3.63) is 36.2 Å². The van der Waals surface area contributed by atoms with E-state index in [0.29, 0.717) is 5.88 Å². The van der Waals surface area contributed by atoms with Gasteiger partial charge in [0.05, 0.1) is 5.88 Å². The zero-order chi connectivity index (χ0) is 12.5. The molecule has 90 valence electrons. The Morgan fingerprint density at radius 2 is 1.76 bits per heavy atom. The van der Waals surface area contributed by atoms with E-state index < -0.39 is 0 Å². The first-order valence-electron chi connectivity index (χ1n) is 5.60. The van der Waals surface area contributed by atoms with E-state index in [1.54, 1.807) is 0 Å². The van der Waals surface area contributed by atoms with Crippen molar-refractivity contribution in [3.63, 3.8) is 0 Å². The fourth-order valence-corrected chi connectivity index (χ4v) is 2.06. The summed E-state index contributed by atoms with van der Waals surface area (Å²) in [6, 6.07) is 10.0. The van der Waals surface area contributed by atoms with E-state index in [-0.39, 0.29) is 5.54 Å². The predicted octanol–water partition coefficient (Wildman–Crippen LogP) is 3.44. The maximum atomic E-state index is 5.92. The summed E-state index contributed by atoms with van der Waals surface area (Å²) >= 11 is 5.92. The summed E-state index contributed by atoms with van der Waals surface area (Å²) in [6.07, 6.45) is 0. The Labute approximate surface area is 106 Å². The molecule has 4 heteroatoms. The molecule has 2 aromatic rings. The van der Waals surface area contributed by atoms with Gasteiger partial charge in [0.25, 0.3) is 0 Å². The number of halogens is 1. The molecule has 0 bridgehead atoms. The van der Waals surface area contributed by atoms with Crippen molar-refractivity contribution in [1.82, 2.24) is 14.8 Å². The Hall–Kier alpha value is -1.35. The molecule has 0 spiro atoms. The van der Waals surface area contributed by atoms with Crippen LogP contribution in [-0.2, 0) is 11.4 Å². The van der Waals surface area contributed by atoms with Crippen LogP contribution in [0.5, 0.6) is 0 Å². The third kappa shape index (κ3) is 2.34. The highest BCUT2D eigenvalue weighted by atomic mass is 35.5. The Bertz CT molecular complexity index is 497. The van der Waals surface area contributed by atoms with Crippen LogP contribution in [0.2, 0.25) is 0 Å². The van der Waals surface area contributed by atoms with E-state index in [9.17, 15) is 0 Å². The SMILES string of the molecule is CC(C)(C)n1c(CCl)nnc1-c1ccccc1. The summed E-state index contributed by atoms with van der Waals surface area (Å²) < 4.78 is 2.09. The molecule has 1 aromatic carbocycles. The maximum absolute atomic E-state index is 5.92. The summed E-state index contributed by atoms with van der Waals surface area (Å²) in [4.78, 5) is 0. The van der Waals surface area contributed by atoms with Gasteiger partial charge in [-0.05, 0) is 20.8 Å². The standard InChI is InChI=1S/C13H16ClN3/c1-13(2,3)17-11(9-14)15-16-12(17)10-7-5-4-6-8-10/h4-8H,9H2,1-3H3. The number of hydrogen-bond acceptors (Lipinski definition) is 2. The number of nitrogens with zero attached hydrogens (tertiary/aromatic N) is 3. The molecule has 0 aliphatic carbocycles.